The van der Waals surface area contributed by atoms with Crippen LogP contribution in [0.3, 0.4) is 0 Å². The standard InChI is InChI=1S/C51H35N5/c1-51(43-18-7-2-3-8-19-43)55-49(38-14-5-4-6-15-38)54-50(56-51)40-17-13-16-39(32-40)44-27-28-45(47-21-10-9-20-46(44)47)42-31-35(34-52)30-41(33-42)36-23-25-37(26-24-36)48-22-11-12-29-53-48/h2,4-7,9-18,20-33H,3H2,1H3,(H,54,55,56). The van der Waals surface area contributed by atoms with Crippen LogP contribution >= 0.6 is 0 Å². The van der Waals surface area contributed by atoms with Crippen LogP contribution in [0.25, 0.3) is 55.4 Å². The molecule has 1 atom stereocenters. The number of benzene rings is 6. The van der Waals surface area contributed by atoms with Gasteiger partial charge in [0.2, 0.25) is 0 Å². The summed E-state index contributed by atoms with van der Waals surface area (Å²) in [5.41, 5.74) is 10.8. The predicted octanol–water partition coefficient (Wildman–Crippen LogP) is 11.2. The Labute approximate surface area is 326 Å². The van der Waals surface area contributed by atoms with Crippen molar-refractivity contribution in [3.8, 4) is 62.5 Å². The summed E-state index contributed by atoms with van der Waals surface area (Å²) in [6.07, 6.45) is 8.64. The van der Waals surface area contributed by atoms with E-state index in [0.717, 1.165) is 77.9 Å². The molecule has 1 unspecified atom stereocenters. The topological polar surface area (TPSA) is 73.4 Å². The van der Waals surface area contributed by atoms with Gasteiger partial charge in [-0.2, -0.15) is 5.26 Å². The smallest absolute Gasteiger partial charge is 0.164 e. The molecule has 2 heterocycles. The maximum absolute atomic E-state index is 10.1. The lowest BCUT2D eigenvalue weighted by Gasteiger charge is -2.33. The first-order valence-electron chi connectivity index (χ1n) is 18.6. The zero-order chi connectivity index (χ0) is 37.9. The minimum absolute atomic E-state index is 0.611. The number of nitriles is 1. The van der Waals surface area contributed by atoms with E-state index in [1.54, 1.807) is 6.20 Å². The van der Waals surface area contributed by atoms with Crippen molar-refractivity contribution >= 4 is 22.4 Å². The summed E-state index contributed by atoms with van der Waals surface area (Å²) < 4.78 is 0. The molecule has 6 aromatic carbocycles. The fourth-order valence-electron chi connectivity index (χ4n) is 7.39. The summed E-state index contributed by atoms with van der Waals surface area (Å²) in [5.74, 6) is 7.97. The molecule has 1 aliphatic heterocycles. The third-order valence-corrected chi connectivity index (χ3v) is 10.2. The van der Waals surface area contributed by atoms with Gasteiger partial charge in [-0.05, 0) is 93.6 Å². The normalized spacial score (nSPS) is 16.0. The molecule has 0 bridgehead atoms. The molecular formula is C51H35N5. The van der Waals surface area contributed by atoms with Gasteiger partial charge in [-0.15, -0.1) is 0 Å². The van der Waals surface area contributed by atoms with E-state index >= 15 is 0 Å². The molecule has 264 valence electrons. The van der Waals surface area contributed by atoms with Gasteiger partial charge in [0, 0.05) is 34.9 Å². The Bertz CT molecular complexity index is 2870. The minimum Gasteiger partial charge on any atom is -0.341 e. The van der Waals surface area contributed by atoms with Crippen molar-refractivity contribution in [3.63, 3.8) is 0 Å². The lowest BCUT2D eigenvalue weighted by molar-refractivity contribution is 0.523. The number of amidine groups is 2. The zero-order valence-electron chi connectivity index (χ0n) is 30.7. The fraction of sp³-hybridized carbons (Fsp3) is 0.0588. The lowest BCUT2D eigenvalue weighted by Crippen LogP contribution is -2.49. The number of aromatic nitrogens is 1. The van der Waals surface area contributed by atoms with Gasteiger partial charge in [0.05, 0.1) is 17.3 Å². The van der Waals surface area contributed by atoms with Crippen molar-refractivity contribution in [2.45, 2.75) is 19.0 Å². The first kappa shape index (κ1) is 34.2. The van der Waals surface area contributed by atoms with Gasteiger partial charge in [-0.25, -0.2) is 9.98 Å². The summed E-state index contributed by atoms with van der Waals surface area (Å²) in [6.45, 7) is 2.06. The average Bonchev–Trinajstić information content (AvgIpc) is 3.57. The van der Waals surface area contributed by atoms with Crippen LogP contribution in [0.1, 0.15) is 30.0 Å². The van der Waals surface area contributed by atoms with E-state index in [0.29, 0.717) is 17.8 Å². The van der Waals surface area contributed by atoms with Crippen LogP contribution in [0, 0.1) is 23.2 Å². The second-order valence-corrected chi connectivity index (χ2v) is 14.0. The Morgan fingerprint density at radius 2 is 1.32 bits per heavy atom. The van der Waals surface area contributed by atoms with Crippen LogP contribution in [-0.4, -0.2) is 22.3 Å². The van der Waals surface area contributed by atoms with Gasteiger partial charge in [-0.3, -0.25) is 4.98 Å². The van der Waals surface area contributed by atoms with Gasteiger partial charge in [0.1, 0.15) is 5.84 Å². The van der Waals surface area contributed by atoms with Crippen LogP contribution in [0.5, 0.6) is 0 Å². The Hall–Kier alpha value is -7.60. The highest BCUT2D eigenvalue weighted by Crippen LogP contribution is 2.38. The monoisotopic (exact) mass is 717 g/mol. The van der Waals surface area contributed by atoms with Gasteiger partial charge in [-0.1, -0.05) is 139 Å². The molecule has 56 heavy (non-hydrogen) atoms. The first-order valence-corrected chi connectivity index (χ1v) is 18.6. The van der Waals surface area contributed by atoms with E-state index in [9.17, 15) is 5.26 Å². The Balaban J connectivity index is 1.10. The third-order valence-electron chi connectivity index (χ3n) is 10.2. The number of fused-ring (bicyclic) bond motifs is 1. The molecule has 7 aromatic rings. The van der Waals surface area contributed by atoms with Crippen molar-refractivity contribution < 1.29 is 0 Å². The fourth-order valence-corrected chi connectivity index (χ4v) is 7.39. The van der Waals surface area contributed by atoms with E-state index in [-0.39, 0.29) is 0 Å². The summed E-state index contributed by atoms with van der Waals surface area (Å²) in [4.78, 5) is 14.7. The average molecular weight is 718 g/mol. The van der Waals surface area contributed by atoms with Crippen LogP contribution in [0.4, 0.5) is 0 Å². The Kier molecular flexibility index (Phi) is 8.96. The number of nitrogens with zero attached hydrogens (tertiary/aromatic N) is 4. The number of hydrogen-bond donors (Lipinski definition) is 1. The second kappa shape index (κ2) is 14.7. The molecular weight excluding hydrogens is 683 g/mol. The third kappa shape index (κ3) is 6.71. The molecule has 0 fully saturated rings. The molecule has 0 spiro atoms. The van der Waals surface area contributed by atoms with E-state index in [2.05, 4.69) is 132 Å². The van der Waals surface area contributed by atoms with E-state index in [1.807, 2.05) is 72.8 Å². The number of aliphatic imine (C=N–C) groups is 2. The van der Waals surface area contributed by atoms with Crippen molar-refractivity contribution in [1.29, 1.82) is 5.26 Å². The molecule has 1 aliphatic carbocycles. The largest absolute Gasteiger partial charge is 0.341 e. The van der Waals surface area contributed by atoms with E-state index < -0.39 is 5.66 Å². The van der Waals surface area contributed by atoms with E-state index in [1.165, 1.54) is 0 Å². The van der Waals surface area contributed by atoms with Crippen LogP contribution in [0.15, 0.2) is 192 Å². The maximum atomic E-state index is 10.1. The van der Waals surface area contributed by atoms with Crippen molar-refractivity contribution in [2.24, 2.45) is 9.98 Å². The Morgan fingerprint density at radius 1 is 0.643 bits per heavy atom. The molecule has 0 saturated carbocycles. The zero-order valence-corrected chi connectivity index (χ0v) is 30.7. The number of rotatable bonds is 7. The highest BCUT2D eigenvalue weighted by Gasteiger charge is 2.33. The number of allylic oxidation sites excluding steroid dienone is 3. The first-order chi connectivity index (χ1) is 27.5. The summed E-state index contributed by atoms with van der Waals surface area (Å²) in [7, 11) is 0. The molecule has 1 N–H and O–H groups in total. The van der Waals surface area contributed by atoms with Crippen LogP contribution in [-0.2, 0) is 0 Å². The summed E-state index contributed by atoms with van der Waals surface area (Å²) in [6, 6.07) is 54.2. The predicted molar refractivity (Wildman–Crippen MR) is 229 cm³/mol. The lowest BCUT2D eigenvalue weighted by atomic mass is 9.89. The molecule has 5 nitrogen and oxygen atoms in total. The molecule has 9 rings (SSSR count). The maximum Gasteiger partial charge on any atom is 0.164 e. The summed E-state index contributed by atoms with van der Waals surface area (Å²) >= 11 is 0. The van der Waals surface area contributed by atoms with Gasteiger partial charge in [0.15, 0.2) is 11.5 Å². The number of hydrogen-bond acceptors (Lipinski definition) is 5. The molecule has 1 aromatic heterocycles. The minimum atomic E-state index is -0.813. The highest BCUT2D eigenvalue weighted by atomic mass is 15.2. The van der Waals surface area contributed by atoms with Crippen molar-refractivity contribution in [1.82, 2.24) is 10.3 Å². The summed E-state index contributed by atoms with van der Waals surface area (Å²) in [5, 5.41) is 16.0. The SMILES string of the molecule is CC1(C2=CC=CCC#C2)N=C(c2ccccc2)N=C(c2cccc(-c3ccc(-c4cc(C#N)cc(-c5ccc(-c6ccccn6)cc5)c4)c4ccccc34)c2)N1. The van der Waals surface area contributed by atoms with Gasteiger partial charge in [0.25, 0.3) is 0 Å². The van der Waals surface area contributed by atoms with E-state index in [4.69, 9.17) is 9.98 Å². The van der Waals surface area contributed by atoms with Gasteiger partial charge >= 0.3 is 0 Å². The molecule has 0 amide bonds. The molecule has 0 saturated heterocycles. The quantitative estimate of drug-likeness (QED) is 0.167. The number of pyridine rings is 1. The highest BCUT2D eigenvalue weighted by molar-refractivity contribution is 6.14. The molecule has 0 radical (unpaired) electrons. The molecule has 5 heteroatoms. The number of nitrogens with one attached hydrogen (secondary N) is 1. The van der Waals surface area contributed by atoms with Crippen molar-refractivity contribution in [2.75, 3.05) is 0 Å². The second-order valence-electron chi connectivity index (χ2n) is 14.0. The molecule has 2 aliphatic rings. The van der Waals surface area contributed by atoms with Crippen LogP contribution in [0.2, 0.25) is 0 Å². The van der Waals surface area contributed by atoms with Crippen molar-refractivity contribution in [3.05, 3.63) is 198 Å². The van der Waals surface area contributed by atoms with Crippen LogP contribution < -0.4 is 5.32 Å². The van der Waals surface area contributed by atoms with Gasteiger partial charge < -0.3 is 5.32 Å². The Morgan fingerprint density at radius 3 is 2.09 bits per heavy atom.